The molecule has 26 heavy (non-hydrogen) atoms. The number of hydrogen-bond donors (Lipinski definition) is 2. The maximum atomic E-state index is 10.9. The molecule has 3 aromatic carbocycles. The molecule has 0 amide bonds. The van der Waals surface area contributed by atoms with Gasteiger partial charge in [-0.1, -0.05) is 91.3 Å². The summed E-state index contributed by atoms with van der Waals surface area (Å²) in [5.74, 6) is 0.00657. The fourth-order valence-electron chi connectivity index (χ4n) is 3.23. The maximum absolute atomic E-state index is 10.9. The zero-order valence-corrected chi connectivity index (χ0v) is 15.6. The molecule has 0 saturated carbocycles. The molecule has 2 N–H and O–H groups in total. The lowest BCUT2D eigenvalue weighted by Gasteiger charge is -2.30. The van der Waals surface area contributed by atoms with Gasteiger partial charge in [-0.3, -0.25) is 0 Å². The van der Waals surface area contributed by atoms with Crippen LogP contribution >= 0.6 is 11.6 Å². The normalized spacial score (nSPS) is 14.6. The van der Waals surface area contributed by atoms with Gasteiger partial charge >= 0.3 is 0 Å². The quantitative estimate of drug-likeness (QED) is 0.576. The summed E-state index contributed by atoms with van der Waals surface area (Å²) in [6.07, 6.45) is -0.542. The number of benzene rings is 3. The number of hydrogen-bond acceptors (Lipinski definition) is 2. The minimum atomic E-state index is -0.542. The van der Waals surface area contributed by atoms with E-state index >= 15 is 0 Å². The first kappa shape index (κ1) is 18.7. The van der Waals surface area contributed by atoms with Crippen LogP contribution in [-0.4, -0.2) is 5.11 Å². The summed E-state index contributed by atoms with van der Waals surface area (Å²) < 4.78 is 0. The molecule has 3 heteroatoms. The van der Waals surface area contributed by atoms with Crippen molar-refractivity contribution >= 4 is 11.6 Å². The van der Waals surface area contributed by atoms with E-state index in [-0.39, 0.29) is 12.0 Å². The summed E-state index contributed by atoms with van der Waals surface area (Å²) in [6.45, 7) is 2.80. The van der Waals surface area contributed by atoms with Crippen LogP contribution in [0.5, 0.6) is 0 Å². The van der Waals surface area contributed by atoms with Crippen molar-refractivity contribution < 1.29 is 5.11 Å². The third-order valence-corrected chi connectivity index (χ3v) is 5.01. The average molecular weight is 366 g/mol. The summed E-state index contributed by atoms with van der Waals surface area (Å²) in [5, 5.41) is 15.3. The second-order valence-electron chi connectivity index (χ2n) is 6.61. The second kappa shape index (κ2) is 9.00. The van der Waals surface area contributed by atoms with E-state index in [0.717, 1.165) is 16.1 Å². The molecular weight excluding hydrogens is 342 g/mol. The monoisotopic (exact) mass is 365 g/mol. The van der Waals surface area contributed by atoms with Crippen molar-refractivity contribution in [3.8, 4) is 0 Å². The van der Waals surface area contributed by atoms with Gasteiger partial charge in [0.25, 0.3) is 0 Å². The fourth-order valence-corrected chi connectivity index (χ4v) is 3.36. The summed E-state index contributed by atoms with van der Waals surface area (Å²) >= 11 is 5.98. The Bertz CT molecular complexity index is 789. The minimum Gasteiger partial charge on any atom is -0.388 e. The van der Waals surface area contributed by atoms with Crippen molar-refractivity contribution in [2.24, 2.45) is 5.92 Å². The third-order valence-electron chi connectivity index (χ3n) is 4.76. The predicted molar refractivity (Wildman–Crippen MR) is 108 cm³/mol. The van der Waals surface area contributed by atoms with Gasteiger partial charge in [0.15, 0.2) is 0 Å². The highest BCUT2D eigenvalue weighted by atomic mass is 35.5. The van der Waals surface area contributed by atoms with Gasteiger partial charge in [-0.2, -0.15) is 0 Å². The van der Waals surface area contributed by atoms with Gasteiger partial charge in [-0.25, -0.2) is 0 Å². The Morgan fingerprint density at radius 2 is 1.35 bits per heavy atom. The first-order chi connectivity index (χ1) is 12.6. The molecule has 0 aliphatic rings. The molecule has 3 rings (SSSR count). The third kappa shape index (κ3) is 4.73. The molecule has 0 bridgehead atoms. The second-order valence-corrected chi connectivity index (χ2v) is 7.05. The first-order valence-corrected chi connectivity index (χ1v) is 9.29. The SMILES string of the molecule is C[C@H]([C@H](O)c1ccccc1)[C@@H](NCc1ccc(Cl)cc1)c1ccccc1. The molecule has 3 atom stereocenters. The van der Waals surface area contributed by atoms with Crippen LogP contribution in [-0.2, 0) is 6.54 Å². The number of rotatable bonds is 7. The standard InChI is InChI=1S/C23H24ClNO/c1-17(23(26)20-10-6-3-7-11-20)22(19-8-4-2-5-9-19)25-16-18-12-14-21(24)15-13-18/h2-15,17,22-23,25-26H,16H2,1H3/t17-,22+,23-/m0/s1. The van der Waals surface area contributed by atoms with Crippen LogP contribution in [0, 0.1) is 5.92 Å². The molecule has 0 heterocycles. The molecule has 0 unspecified atom stereocenters. The first-order valence-electron chi connectivity index (χ1n) is 8.91. The van der Waals surface area contributed by atoms with Crippen LogP contribution in [0.3, 0.4) is 0 Å². The average Bonchev–Trinajstić information content (AvgIpc) is 2.70. The molecule has 0 aromatic heterocycles. The Kier molecular flexibility index (Phi) is 6.45. The van der Waals surface area contributed by atoms with Crippen LogP contribution in [0.25, 0.3) is 0 Å². The van der Waals surface area contributed by atoms with Gasteiger partial charge < -0.3 is 10.4 Å². The topological polar surface area (TPSA) is 32.3 Å². The highest BCUT2D eigenvalue weighted by molar-refractivity contribution is 6.30. The van der Waals surface area contributed by atoms with Gasteiger partial charge in [-0.05, 0) is 28.8 Å². The molecule has 2 nitrogen and oxygen atoms in total. The van der Waals surface area contributed by atoms with Crippen LogP contribution < -0.4 is 5.32 Å². The van der Waals surface area contributed by atoms with Crippen molar-refractivity contribution in [3.05, 3.63) is 107 Å². The Morgan fingerprint density at radius 3 is 1.92 bits per heavy atom. The van der Waals surface area contributed by atoms with Crippen LogP contribution in [0.15, 0.2) is 84.9 Å². The van der Waals surface area contributed by atoms with Crippen molar-refractivity contribution in [1.29, 1.82) is 0 Å². The zero-order chi connectivity index (χ0) is 18.4. The van der Waals surface area contributed by atoms with Crippen molar-refractivity contribution in [3.63, 3.8) is 0 Å². The number of aliphatic hydroxyl groups is 1. The zero-order valence-electron chi connectivity index (χ0n) is 14.8. The molecular formula is C23H24ClNO. The Morgan fingerprint density at radius 1 is 0.808 bits per heavy atom. The number of aliphatic hydroxyl groups excluding tert-OH is 1. The molecule has 0 spiro atoms. The van der Waals surface area contributed by atoms with E-state index in [1.807, 2.05) is 72.8 Å². The van der Waals surface area contributed by atoms with E-state index < -0.39 is 6.10 Å². The van der Waals surface area contributed by atoms with E-state index in [0.29, 0.717) is 6.54 Å². The van der Waals surface area contributed by atoms with Gasteiger partial charge in [0.2, 0.25) is 0 Å². The lowest BCUT2D eigenvalue weighted by atomic mass is 9.86. The van der Waals surface area contributed by atoms with E-state index in [9.17, 15) is 5.11 Å². The Labute approximate surface area is 160 Å². The van der Waals surface area contributed by atoms with E-state index in [1.165, 1.54) is 5.56 Å². The fraction of sp³-hybridized carbons (Fsp3) is 0.217. The van der Waals surface area contributed by atoms with E-state index in [2.05, 4.69) is 24.4 Å². The highest BCUT2D eigenvalue weighted by Gasteiger charge is 2.26. The van der Waals surface area contributed by atoms with Gasteiger partial charge in [-0.15, -0.1) is 0 Å². The smallest absolute Gasteiger partial charge is 0.0833 e. The van der Waals surface area contributed by atoms with Crippen LogP contribution in [0.2, 0.25) is 5.02 Å². The maximum Gasteiger partial charge on any atom is 0.0833 e. The Hall–Kier alpha value is -2.13. The van der Waals surface area contributed by atoms with Crippen molar-refractivity contribution in [2.45, 2.75) is 25.6 Å². The molecule has 0 aliphatic heterocycles. The lowest BCUT2D eigenvalue weighted by molar-refractivity contribution is 0.0931. The number of halogens is 1. The summed E-state index contributed by atoms with van der Waals surface area (Å²) in [6, 6.07) is 28.0. The summed E-state index contributed by atoms with van der Waals surface area (Å²) in [4.78, 5) is 0. The highest BCUT2D eigenvalue weighted by Crippen LogP contribution is 2.32. The van der Waals surface area contributed by atoms with E-state index in [4.69, 9.17) is 11.6 Å². The van der Waals surface area contributed by atoms with Crippen molar-refractivity contribution in [2.75, 3.05) is 0 Å². The lowest BCUT2D eigenvalue weighted by Crippen LogP contribution is -2.30. The largest absolute Gasteiger partial charge is 0.388 e. The van der Waals surface area contributed by atoms with Gasteiger partial charge in [0.05, 0.1) is 6.10 Å². The van der Waals surface area contributed by atoms with Gasteiger partial charge in [0.1, 0.15) is 0 Å². The number of nitrogens with one attached hydrogen (secondary N) is 1. The van der Waals surface area contributed by atoms with E-state index in [1.54, 1.807) is 0 Å². The summed E-state index contributed by atoms with van der Waals surface area (Å²) in [5.41, 5.74) is 3.27. The summed E-state index contributed by atoms with van der Waals surface area (Å²) in [7, 11) is 0. The van der Waals surface area contributed by atoms with Crippen LogP contribution in [0.1, 0.15) is 35.8 Å². The molecule has 0 aliphatic carbocycles. The predicted octanol–water partition coefficient (Wildman–Crippen LogP) is 5.54. The molecule has 0 fully saturated rings. The Balaban J connectivity index is 1.80. The molecule has 0 saturated heterocycles. The minimum absolute atomic E-state index is 0.00657. The molecule has 3 aromatic rings. The molecule has 0 radical (unpaired) electrons. The molecule has 134 valence electrons. The van der Waals surface area contributed by atoms with Crippen LogP contribution in [0.4, 0.5) is 0 Å². The van der Waals surface area contributed by atoms with Gasteiger partial charge in [0, 0.05) is 23.5 Å². The van der Waals surface area contributed by atoms with Crippen molar-refractivity contribution in [1.82, 2.24) is 5.32 Å².